The SMILES string of the molecule is CC.CC(=O)[C@@H]1CC2(CN1C(C)=O)OCCCO2. The van der Waals surface area contributed by atoms with Gasteiger partial charge in [0.05, 0.1) is 25.8 Å². The van der Waals surface area contributed by atoms with Gasteiger partial charge in [-0.3, -0.25) is 9.59 Å². The first kappa shape index (κ1) is 15.1. The standard InChI is InChI=1S/C11H17NO4.C2H6/c1-8(13)10-6-11(7-12(10)9(2)14)15-4-3-5-16-11;1-2/h10H,3-7H2,1-2H3;1-2H3/t10-;/m0./s1. The molecule has 0 aromatic heterocycles. The van der Waals surface area contributed by atoms with Crippen molar-refractivity contribution < 1.29 is 19.1 Å². The van der Waals surface area contributed by atoms with E-state index in [1.807, 2.05) is 13.8 Å². The van der Waals surface area contributed by atoms with Gasteiger partial charge in [0, 0.05) is 13.3 Å². The number of rotatable bonds is 1. The molecule has 1 spiro atoms. The van der Waals surface area contributed by atoms with Crippen LogP contribution in [0.4, 0.5) is 0 Å². The van der Waals surface area contributed by atoms with E-state index in [2.05, 4.69) is 0 Å². The monoisotopic (exact) mass is 257 g/mol. The van der Waals surface area contributed by atoms with Gasteiger partial charge in [0.25, 0.3) is 0 Å². The number of carbonyl (C=O) groups excluding carboxylic acids is 2. The molecule has 5 nitrogen and oxygen atoms in total. The minimum absolute atomic E-state index is 0.00940. The third-order valence-corrected chi connectivity index (χ3v) is 3.18. The van der Waals surface area contributed by atoms with Gasteiger partial charge >= 0.3 is 0 Å². The molecule has 5 heteroatoms. The Balaban J connectivity index is 0.000000771. The number of hydrogen-bond donors (Lipinski definition) is 0. The summed E-state index contributed by atoms with van der Waals surface area (Å²) in [5.74, 6) is -0.847. The average molecular weight is 257 g/mol. The first-order valence-electron chi connectivity index (χ1n) is 6.60. The van der Waals surface area contributed by atoms with Crippen LogP contribution in [0.1, 0.15) is 40.5 Å². The van der Waals surface area contributed by atoms with Crippen LogP contribution in [0.25, 0.3) is 0 Å². The van der Waals surface area contributed by atoms with Crippen LogP contribution >= 0.6 is 0 Å². The predicted octanol–water partition coefficient (Wildman–Crippen LogP) is 1.36. The molecule has 0 unspecified atom stereocenters. The second-order valence-corrected chi connectivity index (χ2v) is 4.44. The van der Waals surface area contributed by atoms with E-state index in [4.69, 9.17) is 9.47 Å². The summed E-state index contributed by atoms with van der Waals surface area (Å²) >= 11 is 0. The summed E-state index contributed by atoms with van der Waals surface area (Å²) in [4.78, 5) is 24.5. The van der Waals surface area contributed by atoms with Gasteiger partial charge in [-0.15, -0.1) is 0 Å². The Morgan fingerprint density at radius 1 is 1.17 bits per heavy atom. The molecule has 2 aliphatic heterocycles. The number of hydrogen-bond acceptors (Lipinski definition) is 4. The number of ether oxygens (including phenoxy) is 2. The van der Waals surface area contributed by atoms with E-state index in [1.165, 1.54) is 13.8 Å². The average Bonchev–Trinajstić information content (AvgIpc) is 2.73. The zero-order valence-electron chi connectivity index (χ0n) is 11.7. The summed E-state index contributed by atoms with van der Waals surface area (Å²) in [5.41, 5.74) is 0. The third kappa shape index (κ3) is 3.09. The van der Waals surface area contributed by atoms with Crippen LogP contribution < -0.4 is 0 Å². The number of amides is 1. The summed E-state index contributed by atoms with van der Waals surface area (Å²) in [5, 5.41) is 0. The fourth-order valence-corrected chi connectivity index (χ4v) is 2.36. The highest BCUT2D eigenvalue weighted by molar-refractivity contribution is 5.87. The normalized spacial score (nSPS) is 25.6. The van der Waals surface area contributed by atoms with Crippen molar-refractivity contribution in [1.29, 1.82) is 0 Å². The maximum absolute atomic E-state index is 11.5. The van der Waals surface area contributed by atoms with Crippen LogP contribution in [0.15, 0.2) is 0 Å². The van der Waals surface area contributed by atoms with Crippen molar-refractivity contribution in [3.63, 3.8) is 0 Å². The van der Waals surface area contributed by atoms with Crippen LogP contribution in [-0.4, -0.2) is 48.2 Å². The summed E-state index contributed by atoms with van der Waals surface area (Å²) in [6.07, 6.45) is 1.33. The van der Waals surface area contributed by atoms with E-state index < -0.39 is 11.8 Å². The van der Waals surface area contributed by atoms with E-state index in [9.17, 15) is 9.59 Å². The molecule has 2 aliphatic rings. The van der Waals surface area contributed by atoms with E-state index in [1.54, 1.807) is 4.90 Å². The summed E-state index contributed by atoms with van der Waals surface area (Å²) < 4.78 is 11.2. The molecule has 2 rings (SSSR count). The Hall–Kier alpha value is -0.940. The highest BCUT2D eigenvalue weighted by Gasteiger charge is 2.49. The number of carbonyl (C=O) groups is 2. The lowest BCUT2D eigenvalue weighted by Gasteiger charge is -2.33. The molecule has 0 N–H and O–H groups in total. The first-order valence-corrected chi connectivity index (χ1v) is 6.60. The number of nitrogens with zero attached hydrogens (tertiary/aromatic N) is 1. The van der Waals surface area contributed by atoms with Gasteiger partial charge in [0.1, 0.15) is 0 Å². The maximum atomic E-state index is 11.5. The van der Waals surface area contributed by atoms with Gasteiger partial charge in [-0.1, -0.05) is 13.8 Å². The predicted molar refractivity (Wildman–Crippen MR) is 67.1 cm³/mol. The summed E-state index contributed by atoms with van der Waals surface area (Å²) in [6, 6.07) is -0.393. The van der Waals surface area contributed by atoms with Crippen LogP contribution in [0.2, 0.25) is 0 Å². The molecule has 2 heterocycles. The molecule has 0 bridgehead atoms. The molecule has 0 radical (unpaired) electrons. The highest BCUT2D eigenvalue weighted by atomic mass is 16.7. The number of ketones is 1. The summed E-state index contributed by atoms with van der Waals surface area (Å²) in [6.45, 7) is 8.61. The first-order chi connectivity index (χ1) is 8.54. The van der Waals surface area contributed by atoms with E-state index in [-0.39, 0.29) is 11.7 Å². The molecular formula is C13H23NO4. The molecular weight excluding hydrogens is 234 g/mol. The van der Waals surface area contributed by atoms with Crippen molar-refractivity contribution >= 4 is 11.7 Å². The van der Waals surface area contributed by atoms with Gasteiger partial charge in [-0.2, -0.15) is 0 Å². The fraction of sp³-hybridized carbons (Fsp3) is 0.846. The molecule has 18 heavy (non-hydrogen) atoms. The number of likely N-dealkylation sites (tertiary alicyclic amines) is 1. The van der Waals surface area contributed by atoms with Crippen molar-refractivity contribution in [2.45, 2.75) is 52.4 Å². The van der Waals surface area contributed by atoms with E-state index in [0.29, 0.717) is 26.2 Å². The zero-order valence-corrected chi connectivity index (χ0v) is 11.7. The maximum Gasteiger partial charge on any atom is 0.220 e. The van der Waals surface area contributed by atoms with Crippen LogP contribution in [0.5, 0.6) is 0 Å². The third-order valence-electron chi connectivity index (χ3n) is 3.18. The second-order valence-electron chi connectivity index (χ2n) is 4.44. The lowest BCUT2D eigenvalue weighted by molar-refractivity contribution is -0.257. The van der Waals surface area contributed by atoms with Crippen molar-refractivity contribution in [2.24, 2.45) is 0 Å². The second kappa shape index (κ2) is 6.29. The minimum Gasteiger partial charge on any atom is -0.348 e. The summed E-state index contributed by atoms with van der Waals surface area (Å²) in [7, 11) is 0. The van der Waals surface area contributed by atoms with Gasteiger partial charge in [-0.25, -0.2) is 0 Å². The van der Waals surface area contributed by atoms with Gasteiger partial charge in [0.15, 0.2) is 11.6 Å². The molecule has 0 saturated carbocycles. The smallest absolute Gasteiger partial charge is 0.220 e. The number of Topliss-reactive ketones (excluding diaryl/α,β-unsaturated/α-hetero) is 1. The Kier molecular flexibility index (Phi) is 5.28. The Bertz CT molecular complexity index is 286. The largest absolute Gasteiger partial charge is 0.348 e. The van der Waals surface area contributed by atoms with E-state index >= 15 is 0 Å². The van der Waals surface area contributed by atoms with E-state index in [0.717, 1.165) is 6.42 Å². The lowest BCUT2D eigenvalue weighted by Crippen LogP contribution is -2.43. The van der Waals surface area contributed by atoms with Gasteiger partial charge in [-0.05, 0) is 13.3 Å². The fourth-order valence-electron chi connectivity index (χ4n) is 2.36. The van der Waals surface area contributed by atoms with Crippen molar-refractivity contribution in [2.75, 3.05) is 19.8 Å². The molecule has 0 aromatic rings. The zero-order chi connectivity index (χ0) is 13.8. The van der Waals surface area contributed by atoms with Crippen LogP contribution in [0, 0.1) is 0 Å². The lowest BCUT2D eigenvalue weighted by atomic mass is 10.1. The van der Waals surface area contributed by atoms with Crippen LogP contribution in [0.3, 0.4) is 0 Å². The van der Waals surface area contributed by atoms with Gasteiger partial charge < -0.3 is 14.4 Å². The topological polar surface area (TPSA) is 55.8 Å². The van der Waals surface area contributed by atoms with Crippen molar-refractivity contribution in [3.05, 3.63) is 0 Å². The molecule has 104 valence electrons. The molecule has 2 fully saturated rings. The molecule has 1 amide bonds. The molecule has 2 saturated heterocycles. The van der Waals surface area contributed by atoms with Gasteiger partial charge in [0.2, 0.25) is 5.91 Å². The Morgan fingerprint density at radius 3 is 2.11 bits per heavy atom. The Labute approximate surface area is 108 Å². The molecule has 0 aliphatic carbocycles. The molecule has 0 aromatic carbocycles. The highest BCUT2D eigenvalue weighted by Crippen LogP contribution is 2.34. The van der Waals surface area contributed by atoms with Crippen molar-refractivity contribution in [3.8, 4) is 0 Å². The van der Waals surface area contributed by atoms with Crippen LogP contribution in [-0.2, 0) is 19.1 Å². The quantitative estimate of drug-likeness (QED) is 0.711. The minimum atomic E-state index is -0.736. The van der Waals surface area contributed by atoms with Crippen molar-refractivity contribution in [1.82, 2.24) is 4.90 Å². The Morgan fingerprint density at radius 2 is 1.72 bits per heavy atom. The molecule has 1 atom stereocenters.